The Labute approximate surface area is 67.6 Å². The smallest absolute Gasteiger partial charge is 0.0207 e. The van der Waals surface area contributed by atoms with Gasteiger partial charge in [-0.15, -0.1) is 0 Å². The molecule has 0 fully saturated rings. The molecule has 0 bridgehead atoms. The molecule has 0 aromatic carbocycles. The van der Waals surface area contributed by atoms with Gasteiger partial charge in [-0.3, -0.25) is 0 Å². The minimum absolute atomic E-state index is 0.615. The number of rotatable bonds is 6. The summed E-state index contributed by atoms with van der Waals surface area (Å²) in [6.45, 7) is 5.35. The topological polar surface area (TPSA) is 32.3 Å². The molecule has 1 atom stereocenters. The molecule has 0 aromatic rings. The maximum Gasteiger partial charge on any atom is 0.0207 e. The molecule has 2 nitrogen and oxygen atoms in total. The fourth-order valence-corrected chi connectivity index (χ4v) is 0.903. The molecule has 0 unspecified atom stereocenters. The van der Waals surface area contributed by atoms with E-state index in [1.807, 2.05) is 0 Å². The summed E-state index contributed by atoms with van der Waals surface area (Å²) in [7, 11) is 0. The van der Waals surface area contributed by atoms with Crippen LogP contribution in [-0.4, -0.2) is 22.9 Å². The Balaban J connectivity index is 2.89. The fourth-order valence-electron chi connectivity index (χ4n) is 0.630. The summed E-state index contributed by atoms with van der Waals surface area (Å²) in [5.74, 6) is 0.837. The molecule has 0 aliphatic carbocycles. The van der Waals surface area contributed by atoms with Crippen molar-refractivity contribution in [3.63, 3.8) is 0 Å². The molecule has 3 heteroatoms. The van der Waals surface area contributed by atoms with E-state index in [1.165, 1.54) is 6.42 Å². The van der Waals surface area contributed by atoms with Crippen LogP contribution in [-0.2, 0) is 0 Å². The Morgan fingerprint density at radius 1 is 1.60 bits per heavy atom. The summed E-state index contributed by atoms with van der Waals surface area (Å²) in [6.07, 6.45) is 2.22. The quantitative estimate of drug-likeness (QED) is 0.464. The number of nitrogens with one attached hydrogen (secondary N) is 1. The lowest BCUT2D eigenvalue weighted by molar-refractivity contribution is 0.532. The average molecular weight is 163 g/mol. The molecule has 0 radical (unpaired) electrons. The summed E-state index contributed by atoms with van der Waals surface area (Å²) < 4.78 is 8.38. The van der Waals surface area contributed by atoms with E-state index in [0.717, 1.165) is 30.8 Å². The van der Waals surface area contributed by atoms with E-state index < -0.39 is 0 Å². The monoisotopic (exact) mass is 163 g/mol. The largest absolute Gasteiger partial charge is 0.330 e. The number of hydrogen-bond acceptors (Lipinski definition) is 3. The van der Waals surface area contributed by atoms with Crippen molar-refractivity contribution >= 4 is 12.0 Å². The highest BCUT2D eigenvalue weighted by atomic mass is 32.2. The van der Waals surface area contributed by atoms with Gasteiger partial charge in [0.25, 0.3) is 0 Å². The molecule has 0 aliphatic heterocycles. The van der Waals surface area contributed by atoms with E-state index in [-0.39, 0.29) is 0 Å². The molecular weight excluding hydrogens is 146 g/mol. The van der Waals surface area contributed by atoms with Gasteiger partial charge in [0, 0.05) is 11.8 Å². The van der Waals surface area contributed by atoms with Crippen LogP contribution in [0.5, 0.6) is 0 Å². The summed E-state index contributed by atoms with van der Waals surface area (Å²) >= 11 is 0.921. The second-order valence-corrected chi connectivity index (χ2v) is 3.12. The van der Waals surface area contributed by atoms with Crippen LogP contribution in [0.15, 0.2) is 0 Å². The first kappa shape index (κ1) is 10.3. The minimum atomic E-state index is 0.615. The molecule has 0 rings (SSSR count). The highest BCUT2D eigenvalue weighted by molar-refractivity contribution is 7.93. The van der Waals surface area contributed by atoms with Gasteiger partial charge in [0.1, 0.15) is 0 Å². The molecule has 0 aromatic heterocycles. The van der Waals surface area contributed by atoms with Gasteiger partial charge >= 0.3 is 0 Å². The van der Waals surface area contributed by atoms with Gasteiger partial charge in [-0.25, -0.2) is 0 Å². The second-order valence-electron chi connectivity index (χ2n) is 2.45. The maximum absolute atomic E-state index is 8.38. The molecule has 0 saturated carbocycles. The third-order valence-electron chi connectivity index (χ3n) is 1.52. The van der Waals surface area contributed by atoms with Crippen LogP contribution in [0.25, 0.3) is 0 Å². The fraction of sp³-hybridized carbons (Fsp3) is 1.00. The zero-order valence-corrected chi connectivity index (χ0v) is 7.58. The van der Waals surface area contributed by atoms with Crippen molar-refractivity contribution in [2.24, 2.45) is 0 Å². The first-order chi connectivity index (χ1) is 4.81. The lowest BCUT2D eigenvalue weighted by atomic mass is 10.2. The molecule has 62 valence electrons. The lowest BCUT2D eigenvalue weighted by Crippen LogP contribution is -2.26. The first-order valence-electron chi connectivity index (χ1n) is 3.81. The third kappa shape index (κ3) is 6.39. The van der Waals surface area contributed by atoms with E-state index >= 15 is 0 Å². The van der Waals surface area contributed by atoms with Crippen LogP contribution >= 0.6 is 12.0 Å². The zero-order valence-electron chi connectivity index (χ0n) is 6.76. The zero-order chi connectivity index (χ0) is 7.82. The van der Waals surface area contributed by atoms with Crippen molar-refractivity contribution in [2.75, 3.05) is 12.3 Å². The van der Waals surface area contributed by atoms with E-state index in [1.54, 1.807) is 0 Å². The van der Waals surface area contributed by atoms with Crippen LogP contribution in [0.4, 0.5) is 0 Å². The third-order valence-corrected chi connectivity index (χ3v) is 1.99. The second kappa shape index (κ2) is 7.38. The van der Waals surface area contributed by atoms with E-state index in [2.05, 4.69) is 19.2 Å². The van der Waals surface area contributed by atoms with Crippen molar-refractivity contribution in [3.05, 3.63) is 0 Å². The van der Waals surface area contributed by atoms with Crippen LogP contribution in [0, 0.1) is 0 Å². The normalized spacial score (nSPS) is 13.5. The molecule has 2 N–H and O–H groups in total. The van der Waals surface area contributed by atoms with E-state index in [0.29, 0.717) is 6.04 Å². The van der Waals surface area contributed by atoms with Gasteiger partial charge in [0.05, 0.1) is 0 Å². The highest BCUT2D eigenvalue weighted by Gasteiger charge is 1.94. The minimum Gasteiger partial charge on any atom is -0.330 e. The van der Waals surface area contributed by atoms with Gasteiger partial charge in [-0.2, -0.15) is 0 Å². The Morgan fingerprint density at radius 2 is 2.30 bits per heavy atom. The Kier molecular flexibility index (Phi) is 7.58. The van der Waals surface area contributed by atoms with Gasteiger partial charge < -0.3 is 9.87 Å². The highest BCUT2D eigenvalue weighted by Crippen LogP contribution is 1.94. The van der Waals surface area contributed by atoms with Crippen molar-refractivity contribution in [1.29, 1.82) is 0 Å². The molecule has 0 heterocycles. The van der Waals surface area contributed by atoms with Crippen LogP contribution < -0.4 is 5.32 Å². The van der Waals surface area contributed by atoms with Gasteiger partial charge in [0.15, 0.2) is 0 Å². The average Bonchev–Trinajstić information content (AvgIpc) is 1.98. The van der Waals surface area contributed by atoms with Crippen LogP contribution in [0.3, 0.4) is 0 Å². The van der Waals surface area contributed by atoms with E-state index in [9.17, 15) is 0 Å². The first-order valence-corrected chi connectivity index (χ1v) is 4.75. The Morgan fingerprint density at radius 3 is 2.80 bits per heavy atom. The molecule has 0 aliphatic rings. The van der Waals surface area contributed by atoms with Crippen molar-refractivity contribution < 1.29 is 4.55 Å². The summed E-state index contributed by atoms with van der Waals surface area (Å²) in [6, 6.07) is 0.615. The summed E-state index contributed by atoms with van der Waals surface area (Å²) in [4.78, 5) is 0. The van der Waals surface area contributed by atoms with E-state index in [4.69, 9.17) is 4.55 Å². The van der Waals surface area contributed by atoms with Crippen molar-refractivity contribution in [1.82, 2.24) is 5.32 Å². The summed E-state index contributed by atoms with van der Waals surface area (Å²) in [5, 5.41) is 3.34. The summed E-state index contributed by atoms with van der Waals surface area (Å²) in [5.41, 5.74) is 0. The Bertz CT molecular complexity index is 70.6. The predicted octanol–water partition coefficient (Wildman–Crippen LogP) is 1.97. The van der Waals surface area contributed by atoms with Crippen molar-refractivity contribution in [3.8, 4) is 0 Å². The molecule has 0 amide bonds. The molecule has 10 heavy (non-hydrogen) atoms. The van der Waals surface area contributed by atoms with Gasteiger partial charge in [-0.1, -0.05) is 6.92 Å². The number of hydrogen-bond donors (Lipinski definition) is 2. The van der Waals surface area contributed by atoms with Crippen LogP contribution in [0.2, 0.25) is 0 Å². The van der Waals surface area contributed by atoms with Gasteiger partial charge in [0.2, 0.25) is 0 Å². The Hall–Kier alpha value is 0.270. The SMILES string of the molecule is CC[C@H](C)NCCCSO. The van der Waals surface area contributed by atoms with Crippen LogP contribution in [0.1, 0.15) is 26.7 Å². The maximum atomic E-state index is 8.38. The van der Waals surface area contributed by atoms with Gasteiger partial charge in [-0.05, 0) is 38.4 Å². The van der Waals surface area contributed by atoms with Crippen molar-refractivity contribution in [2.45, 2.75) is 32.7 Å². The molecular formula is C7H17NOS. The predicted molar refractivity (Wildman–Crippen MR) is 47.5 cm³/mol. The molecule has 0 spiro atoms. The standard InChI is InChI=1S/C7H17NOS/c1-3-7(2)8-5-4-6-10-9/h7-9H,3-6H2,1-2H3/t7-/m0/s1. The lowest BCUT2D eigenvalue weighted by Gasteiger charge is -2.09. The molecule has 0 saturated heterocycles.